The minimum Gasteiger partial charge on any atom is -0.444 e. The fourth-order valence-corrected chi connectivity index (χ4v) is 6.41. The van der Waals surface area contributed by atoms with E-state index in [0.717, 1.165) is 19.3 Å². The summed E-state index contributed by atoms with van der Waals surface area (Å²) in [5.74, 6) is 0.753. The van der Waals surface area contributed by atoms with E-state index in [9.17, 15) is 18.6 Å². The van der Waals surface area contributed by atoms with Crippen molar-refractivity contribution in [3.8, 4) is 0 Å². The summed E-state index contributed by atoms with van der Waals surface area (Å²) < 4.78 is 19.6. The quantitative estimate of drug-likeness (QED) is 0.489. The second-order valence-corrected chi connectivity index (χ2v) is 13.2. The lowest BCUT2D eigenvalue weighted by molar-refractivity contribution is 0.0237. The molecule has 11 heteroatoms. The number of anilines is 1. The number of para-hydroxylation sites is 1. The predicted molar refractivity (Wildman–Crippen MR) is 159 cm³/mol. The van der Waals surface area contributed by atoms with Crippen LogP contribution in [-0.4, -0.2) is 84.8 Å². The van der Waals surface area contributed by atoms with Gasteiger partial charge in [-0.3, -0.25) is 19.1 Å². The normalized spacial score (nSPS) is 18.7. The Morgan fingerprint density at radius 2 is 1.68 bits per heavy atom. The average molecular weight is 580 g/mol. The van der Waals surface area contributed by atoms with E-state index in [-0.39, 0.29) is 23.9 Å². The van der Waals surface area contributed by atoms with E-state index in [2.05, 4.69) is 5.32 Å². The van der Waals surface area contributed by atoms with Crippen LogP contribution < -0.4 is 5.32 Å². The third-order valence-electron chi connectivity index (χ3n) is 7.33. The van der Waals surface area contributed by atoms with Crippen LogP contribution in [0.1, 0.15) is 66.8 Å². The highest BCUT2D eigenvalue weighted by Gasteiger charge is 2.32. The number of hydrogen-bond donors (Lipinski definition) is 1. The molecule has 2 aromatic carbocycles. The lowest BCUT2D eigenvalue weighted by Crippen LogP contribution is -2.42. The number of aromatic nitrogens is 2. The zero-order chi connectivity index (χ0) is 29.1. The first-order chi connectivity index (χ1) is 19.6. The summed E-state index contributed by atoms with van der Waals surface area (Å²) in [5.41, 5.74) is 1.51. The first-order valence-corrected chi connectivity index (χ1v) is 15.6. The summed E-state index contributed by atoms with van der Waals surface area (Å²) in [6.45, 7) is 7.27. The molecule has 5 rings (SSSR count). The van der Waals surface area contributed by atoms with Crippen LogP contribution >= 0.6 is 0 Å². The van der Waals surface area contributed by atoms with Crippen LogP contribution in [-0.2, 0) is 15.5 Å². The summed E-state index contributed by atoms with van der Waals surface area (Å²) >= 11 is 0. The highest BCUT2D eigenvalue weighted by molar-refractivity contribution is 7.85. The van der Waals surface area contributed by atoms with Crippen LogP contribution in [0.2, 0.25) is 0 Å². The Labute approximate surface area is 242 Å². The number of amides is 3. The van der Waals surface area contributed by atoms with Gasteiger partial charge in [-0.15, -0.1) is 0 Å². The van der Waals surface area contributed by atoms with Gasteiger partial charge < -0.3 is 19.1 Å². The van der Waals surface area contributed by atoms with Crippen molar-refractivity contribution in [1.29, 1.82) is 0 Å². The number of hydrogen-bond acceptors (Lipinski definition) is 6. The highest BCUT2D eigenvalue weighted by Crippen LogP contribution is 2.33. The molecule has 2 aliphatic rings. The first-order valence-electron chi connectivity index (χ1n) is 14.1. The molecule has 3 aromatic rings. The van der Waals surface area contributed by atoms with Crippen LogP contribution in [0.5, 0.6) is 0 Å². The van der Waals surface area contributed by atoms with Gasteiger partial charge in [-0.05, 0) is 64.3 Å². The standard InChI is InChI=1S/C30H37N5O5S/c1-30(2,3)40-29(38)34-15-8-7-12-22(20-34)35-25-23(27(37)33-16-18-41(39)19-17-33)13-9-14-24(25)31-28(35)32-26(36)21-10-5-4-6-11-21/h4-6,9-11,13-14,22H,7-8,12,15-20H2,1-3H3,(H,31,32,36). The third-order valence-corrected chi connectivity index (χ3v) is 8.61. The van der Waals surface area contributed by atoms with Crippen molar-refractivity contribution in [1.82, 2.24) is 19.4 Å². The van der Waals surface area contributed by atoms with Crippen LogP contribution in [0.4, 0.5) is 10.7 Å². The van der Waals surface area contributed by atoms with Crippen LogP contribution in [0.25, 0.3) is 11.0 Å². The van der Waals surface area contributed by atoms with E-state index in [4.69, 9.17) is 9.72 Å². The number of fused-ring (bicyclic) bond motifs is 1. The predicted octanol–water partition coefficient (Wildman–Crippen LogP) is 4.46. The number of nitrogens with one attached hydrogen (secondary N) is 1. The van der Waals surface area contributed by atoms with Crippen molar-refractivity contribution in [2.24, 2.45) is 0 Å². The van der Waals surface area contributed by atoms with E-state index in [1.54, 1.807) is 46.2 Å². The molecular weight excluding hydrogens is 542 g/mol. The molecule has 3 heterocycles. The molecule has 41 heavy (non-hydrogen) atoms. The second-order valence-electron chi connectivity index (χ2n) is 11.5. The summed E-state index contributed by atoms with van der Waals surface area (Å²) in [7, 11) is -0.916. The number of likely N-dealkylation sites (tertiary alicyclic amines) is 1. The van der Waals surface area contributed by atoms with Crippen molar-refractivity contribution >= 4 is 45.7 Å². The fourth-order valence-electron chi connectivity index (χ4n) is 5.36. The largest absolute Gasteiger partial charge is 0.444 e. The molecular formula is C30H37N5O5S. The zero-order valence-electron chi connectivity index (χ0n) is 23.8. The van der Waals surface area contributed by atoms with Crippen molar-refractivity contribution < 1.29 is 23.3 Å². The fraction of sp³-hybridized carbons (Fsp3) is 0.467. The van der Waals surface area contributed by atoms with Crippen LogP contribution in [0.3, 0.4) is 0 Å². The summed E-state index contributed by atoms with van der Waals surface area (Å²) in [4.78, 5) is 48.4. The average Bonchev–Trinajstić information content (AvgIpc) is 3.12. The number of rotatable bonds is 4. The number of carbonyl (C=O) groups is 3. The Bertz CT molecular complexity index is 1460. The topological polar surface area (TPSA) is 114 Å². The van der Waals surface area contributed by atoms with Crippen molar-refractivity contribution in [2.45, 2.75) is 51.7 Å². The maximum absolute atomic E-state index is 13.8. The molecule has 10 nitrogen and oxygen atoms in total. The third kappa shape index (κ3) is 6.61. The van der Waals surface area contributed by atoms with Gasteiger partial charge in [-0.1, -0.05) is 24.3 Å². The van der Waals surface area contributed by atoms with Gasteiger partial charge in [-0.2, -0.15) is 0 Å². The highest BCUT2D eigenvalue weighted by atomic mass is 32.2. The molecule has 1 aromatic heterocycles. The molecule has 0 bridgehead atoms. The number of ether oxygens (including phenoxy) is 1. The van der Waals surface area contributed by atoms with E-state index < -0.39 is 16.4 Å². The number of benzene rings is 2. The van der Waals surface area contributed by atoms with E-state index in [0.29, 0.717) is 65.8 Å². The minimum absolute atomic E-state index is 0.160. The van der Waals surface area contributed by atoms with Gasteiger partial charge in [0.25, 0.3) is 11.8 Å². The summed E-state index contributed by atoms with van der Waals surface area (Å²) in [6.07, 6.45) is 2.00. The molecule has 0 spiro atoms. The Morgan fingerprint density at radius 1 is 0.951 bits per heavy atom. The Balaban J connectivity index is 1.58. The first kappa shape index (κ1) is 28.8. The maximum atomic E-state index is 13.8. The smallest absolute Gasteiger partial charge is 0.410 e. The Hall–Kier alpha value is -3.73. The number of imidazole rings is 1. The lowest BCUT2D eigenvalue weighted by atomic mass is 10.1. The van der Waals surface area contributed by atoms with Gasteiger partial charge in [0.15, 0.2) is 0 Å². The summed E-state index contributed by atoms with van der Waals surface area (Å²) in [6, 6.07) is 14.0. The van der Waals surface area contributed by atoms with Gasteiger partial charge in [0.1, 0.15) is 5.60 Å². The zero-order valence-corrected chi connectivity index (χ0v) is 24.6. The van der Waals surface area contributed by atoms with Crippen LogP contribution in [0.15, 0.2) is 48.5 Å². The molecule has 2 fully saturated rings. The number of carbonyl (C=O) groups excluding carboxylic acids is 3. The second kappa shape index (κ2) is 12.0. The lowest BCUT2D eigenvalue weighted by Gasteiger charge is -2.30. The van der Waals surface area contributed by atoms with Gasteiger partial charge in [-0.25, -0.2) is 9.78 Å². The van der Waals surface area contributed by atoms with Crippen molar-refractivity contribution in [3.63, 3.8) is 0 Å². The van der Waals surface area contributed by atoms with Crippen molar-refractivity contribution in [3.05, 3.63) is 59.7 Å². The van der Waals surface area contributed by atoms with Gasteiger partial charge in [0.2, 0.25) is 5.95 Å². The molecule has 3 amide bonds. The van der Waals surface area contributed by atoms with Gasteiger partial charge in [0.05, 0.1) is 22.6 Å². The minimum atomic E-state index is -0.916. The Kier molecular flexibility index (Phi) is 8.44. The molecule has 2 saturated heterocycles. The Morgan fingerprint density at radius 3 is 2.39 bits per heavy atom. The SMILES string of the molecule is CC(C)(C)OC(=O)N1CCCCC(n2c(NC(=O)c3ccccc3)nc3cccc(C(=O)N4CCS(=O)CC4)c32)C1. The van der Waals surface area contributed by atoms with Crippen LogP contribution in [0, 0.1) is 0 Å². The van der Waals surface area contributed by atoms with Crippen molar-refractivity contribution in [2.75, 3.05) is 43.0 Å². The van der Waals surface area contributed by atoms with E-state index >= 15 is 0 Å². The van der Waals surface area contributed by atoms with Gasteiger partial charge in [0, 0.05) is 54.0 Å². The molecule has 1 N–H and O–H groups in total. The molecule has 2 aliphatic heterocycles. The van der Waals surface area contributed by atoms with E-state index in [1.165, 1.54) is 0 Å². The van der Waals surface area contributed by atoms with E-state index in [1.807, 2.05) is 37.5 Å². The molecule has 1 unspecified atom stereocenters. The number of nitrogens with zero attached hydrogens (tertiary/aromatic N) is 4. The molecule has 0 aliphatic carbocycles. The molecule has 1 atom stereocenters. The molecule has 0 radical (unpaired) electrons. The monoisotopic (exact) mass is 579 g/mol. The molecule has 218 valence electrons. The summed E-state index contributed by atoms with van der Waals surface area (Å²) in [5, 5.41) is 2.98. The molecule has 0 saturated carbocycles. The van der Waals surface area contributed by atoms with Gasteiger partial charge >= 0.3 is 6.09 Å². The maximum Gasteiger partial charge on any atom is 0.410 e.